The number of nitrogens with zero attached hydrogens (tertiary/aromatic N) is 1. The van der Waals surface area contributed by atoms with Gasteiger partial charge in [0.05, 0.1) is 4.92 Å². The standard InChI is InChI=1S/C17H17N3O5/c1-11(17(21)19-13-4-2-3-5-14(13)20(22)23)18-12-6-7-15-16(10-12)25-9-8-24-15/h2-7,10-11,18H,8-9H2,1H3,(H,19,21)/t11-/m1/s1. The Morgan fingerprint density at radius 3 is 2.64 bits per heavy atom. The Hall–Kier alpha value is -3.29. The molecule has 1 aliphatic heterocycles. The van der Waals surface area contributed by atoms with Gasteiger partial charge in [0.2, 0.25) is 5.91 Å². The molecule has 1 amide bonds. The van der Waals surface area contributed by atoms with Crippen LogP contribution in [0.2, 0.25) is 0 Å². The average Bonchev–Trinajstić information content (AvgIpc) is 2.61. The van der Waals surface area contributed by atoms with E-state index < -0.39 is 11.0 Å². The molecule has 0 radical (unpaired) electrons. The van der Waals surface area contributed by atoms with Gasteiger partial charge in [-0.2, -0.15) is 0 Å². The summed E-state index contributed by atoms with van der Waals surface area (Å²) in [4.78, 5) is 22.8. The largest absolute Gasteiger partial charge is 0.486 e. The molecule has 1 heterocycles. The van der Waals surface area contributed by atoms with E-state index in [1.165, 1.54) is 12.1 Å². The second kappa shape index (κ2) is 7.08. The second-order valence-corrected chi connectivity index (χ2v) is 5.49. The van der Waals surface area contributed by atoms with Gasteiger partial charge >= 0.3 is 0 Å². The topological polar surface area (TPSA) is 103 Å². The van der Waals surface area contributed by atoms with E-state index in [1.807, 2.05) is 0 Å². The van der Waals surface area contributed by atoms with Crippen molar-refractivity contribution in [1.29, 1.82) is 0 Å². The molecule has 0 aliphatic carbocycles. The summed E-state index contributed by atoms with van der Waals surface area (Å²) in [7, 11) is 0. The summed E-state index contributed by atoms with van der Waals surface area (Å²) in [6, 6.07) is 10.7. The highest BCUT2D eigenvalue weighted by Gasteiger charge is 2.19. The van der Waals surface area contributed by atoms with E-state index in [0.29, 0.717) is 30.4 Å². The SMILES string of the molecule is C[C@@H](Nc1ccc2c(c1)OCCO2)C(=O)Nc1ccccc1[N+](=O)[O-]. The second-order valence-electron chi connectivity index (χ2n) is 5.49. The number of carbonyl (C=O) groups excluding carboxylic acids is 1. The molecule has 1 aliphatic rings. The smallest absolute Gasteiger partial charge is 0.292 e. The van der Waals surface area contributed by atoms with Crippen molar-refractivity contribution in [1.82, 2.24) is 0 Å². The maximum atomic E-state index is 12.3. The van der Waals surface area contributed by atoms with Gasteiger partial charge in [0.1, 0.15) is 24.9 Å². The molecule has 0 spiro atoms. The van der Waals surface area contributed by atoms with E-state index in [0.717, 1.165) is 0 Å². The van der Waals surface area contributed by atoms with Crippen LogP contribution in [0.3, 0.4) is 0 Å². The van der Waals surface area contributed by atoms with E-state index in [9.17, 15) is 14.9 Å². The van der Waals surface area contributed by atoms with E-state index in [-0.39, 0.29) is 17.3 Å². The molecule has 130 valence electrons. The highest BCUT2D eigenvalue weighted by Crippen LogP contribution is 2.32. The molecule has 0 aromatic heterocycles. The number of carbonyl (C=O) groups is 1. The van der Waals surface area contributed by atoms with E-state index in [2.05, 4.69) is 10.6 Å². The van der Waals surface area contributed by atoms with Crippen LogP contribution in [0.1, 0.15) is 6.92 Å². The van der Waals surface area contributed by atoms with Crippen molar-refractivity contribution in [2.24, 2.45) is 0 Å². The Kier molecular flexibility index (Phi) is 4.69. The van der Waals surface area contributed by atoms with Crippen LogP contribution in [0.25, 0.3) is 0 Å². The molecule has 8 heteroatoms. The summed E-state index contributed by atoms with van der Waals surface area (Å²) in [5, 5.41) is 16.6. The van der Waals surface area contributed by atoms with Crippen LogP contribution in [0.15, 0.2) is 42.5 Å². The zero-order valence-electron chi connectivity index (χ0n) is 13.5. The lowest BCUT2D eigenvalue weighted by Crippen LogP contribution is -2.32. The quantitative estimate of drug-likeness (QED) is 0.639. The van der Waals surface area contributed by atoms with Crippen molar-refractivity contribution in [2.45, 2.75) is 13.0 Å². The fraction of sp³-hybridized carbons (Fsp3) is 0.235. The molecule has 2 N–H and O–H groups in total. The number of nitrogens with one attached hydrogen (secondary N) is 2. The van der Waals surface area contributed by atoms with Crippen molar-refractivity contribution >= 4 is 23.0 Å². The lowest BCUT2D eigenvalue weighted by molar-refractivity contribution is -0.383. The van der Waals surface area contributed by atoms with Crippen LogP contribution < -0.4 is 20.1 Å². The fourth-order valence-electron chi connectivity index (χ4n) is 2.43. The number of ether oxygens (including phenoxy) is 2. The number of nitro benzene ring substituents is 1. The first-order chi connectivity index (χ1) is 12.0. The maximum Gasteiger partial charge on any atom is 0.292 e. The summed E-state index contributed by atoms with van der Waals surface area (Å²) in [6.45, 7) is 2.65. The number of rotatable bonds is 5. The van der Waals surface area contributed by atoms with Crippen LogP contribution in [-0.2, 0) is 4.79 Å². The fourth-order valence-corrected chi connectivity index (χ4v) is 2.43. The van der Waals surface area contributed by atoms with Crippen LogP contribution in [0.5, 0.6) is 11.5 Å². The lowest BCUT2D eigenvalue weighted by Gasteiger charge is -2.20. The van der Waals surface area contributed by atoms with Crippen molar-refractivity contribution in [2.75, 3.05) is 23.8 Å². The number of fused-ring (bicyclic) bond motifs is 1. The summed E-state index contributed by atoms with van der Waals surface area (Å²) < 4.78 is 11.0. The normalized spacial score (nSPS) is 13.6. The van der Waals surface area contributed by atoms with Crippen molar-refractivity contribution in [3.63, 3.8) is 0 Å². The first-order valence-corrected chi connectivity index (χ1v) is 7.75. The molecule has 0 fully saturated rings. The predicted molar refractivity (Wildman–Crippen MR) is 92.2 cm³/mol. The average molecular weight is 343 g/mol. The Labute approximate surface area is 143 Å². The highest BCUT2D eigenvalue weighted by atomic mass is 16.6. The van der Waals surface area contributed by atoms with Gasteiger partial charge < -0.3 is 20.1 Å². The molecule has 3 rings (SSSR count). The molecular weight excluding hydrogens is 326 g/mol. The third kappa shape index (κ3) is 3.79. The van der Waals surface area contributed by atoms with Gasteiger partial charge in [0.15, 0.2) is 11.5 Å². The molecule has 2 aromatic rings. The monoisotopic (exact) mass is 343 g/mol. The van der Waals surface area contributed by atoms with Crippen molar-refractivity contribution in [3.8, 4) is 11.5 Å². The summed E-state index contributed by atoms with van der Waals surface area (Å²) in [5.74, 6) is 0.889. The van der Waals surface area contributed by atoms with Gasteiger partial charge in [0, 0.05) is 17.8 Å². The number of benzene rings is 2. The Morgan fingerprint density at radius 1 is 1.16 bits per heavy atom. The van der Waals surface area contributed by atoms with Crippen LogP contribution in [0.4, 0.5) is 17.1 Å². The molecule has 0 unspecified atom stereocenters. The minimum atomic E-state index is -0.609. The van der Waals surface area contributed by atoms with Gasteiger partial charge in [-0.25, -0.2) is 0 Å². The highest BCUT2D eigenvalue weighted by molar-refractivity contribution is 5.98. The van der Waals surface area contributed by atoms with Gasteiger partial charge in [-0.05, 0) is 25.1 Å². The number of hydrogen-bond donors (Lipinski definition) is 2. The minimum absolute atomic E-state index is 0.151. The Morgan fingerprint density at radius 2 is 1.88 bits per heavy atom. The zero-order chi connectivity index (χ0) is 17.8. The third-order valence-corrected chi connectivity index (χ3v) is 3.68. The molecule has 0 saturated heterocycles. The molecule has 0 saturated carbocycles. The van der Waals surface area contributed by atoms with Crippen molar-refractivity contribution < 1.29 is 19.2 Å². The van der Waals surface area contributed by atoms with E-state index in [4.69, 9.17) is 9.47 Å². The summed E-state index contributed by atoms with van der Waals surface area (Å²) in [5.41, 5.74) is 0.699. The predicted octanol–water partition coefficient (Wildman–Crippen LogP) is 2.81. The van der Waals surface area contributed by atoms with E-state index in [1.54, 1.807) is 37.3 Å². The number of para-hydroxylation sites is 2. The minimum Gasteiger partial charge on any atom is -0.486 e. The zero-order valence-corrected chi connectivity index (χ0v) is 13.5. The molecular formula is C17H17N3O5. The number of hydrogen-bond acceptors (Lipinski definition) is 6. The first kappa shape index (κ1) is 16.6. The molecule has 25 heavy (non-hydrogen) atoms. The van der Waals surface area contributed by atoms with Gasteiger partial charge in [0.25, 0.3) is 5.69 Å². The first-order valence-electron chi connectivity index (χ1n) is 7.75. The number of nitro groups is 1. The molecule has 0 bridgehead atoms. The summed E-state index contributed by atoms with van der Waals surface area (Å²) in [6.07, 6.45) is 0. The van der Waals surface area contributed by atoms with Crippen molar-refractivity contribution in [3.05, 3.63) is 52.6 Å². The van der Waals surface area contributed by atoms with Crippen LogP contribution in [-0.4, -0.2) is 30.1 Å². The van der Waals surface area contributed by atoms with Crippen LogP contribution >= 0.6 is 0 Å². The van der Waals surface area contributed by atoms with Gasteiger partial charge in [-0.3, -0.25) is 14.9 Å². The Balaban J connectivity index is 1.68. The van der Waals surface area contributed by atoms with E-state index >= 15 is 0 Å². The number of amides is 1. The van der Waals surface area contributed by atoms with Crippen LogP contribution in [0, 0.1) is 10.1 Å². The number of anilines is 2. The van der Waals surface area contributed by atoms with Gasteiger partial charge in [-0.1, -0.05) is 12.1 Å². The molecule has 2 aromatic carbocycles. The Bertz CT molecular complexity index is 809. The lowest BCUT2D eigenvalue weighted by atomic mass is 10.2. The third-order valence-electron chi connectivity index (χ3n) is 3.68. The maximum absolute atomic E-state index is 12.3. The molecule has 8 nitrogen and oxygen atoms in total. The summed E-state index contributed by atoms with van der Waals surface area (Å²) >= 11 is 0. The van der Waals surface area contributed by atoms with Gasteiger partial charge in [-0.15, -0.1) is 0 Å². The molecule has 1 atom stereocenters.